The number of aromatic nitrogens is 2. The minimum Gasteiger partial charge on any atom is -0.490 e. The van der Waals surface area contributed by atoms with Crippen LogP contribution in [0.4, 0.5) is 5.95 Å². The average molecular weight is 337 g/mol. The lowest BCUT2D eigenvalue weighted by atomic mass is 10.2. The second kappa shape index (κ2) is 6.94. The molecule has 1 unspecified atom stereocenters. The van der Waals surface area contributed by atoms with E-state index in [9.17, 15) is 4.79 Å². The highest BCUT2D eigenvalue weighted by Crippen LogP contribution is 2.22. The first kappa shape index (κ1) is 15.7. The van der Waals surface area contributed by atoms with Gasteiger partial charge in [0.05, 0.1) is 22.7 Å². The van der Waals surface area contributed by atoms with Crippen LogP contribution in [0.25, 0.3) is 11.0 Å². The summed E-state index contributed by atoms with van der Waals surface area (Å²) in [6.07, 6.45) is 2.15. The molecule has 6 nitrogen and oxygen atoms in total. The fraction of sp³-hybridized carbons (Fsp3) is 0.263. The number of nitrogens with one attached hydrogen (secondary N) is 2. The molecule has 4 rings (SSSR count). The van der Waals surface area contributed by atoms with Gasteiger partial charge in [-0.3, -0.25) is 10.1 Å². The van der Waals surface area contributed by atoms with E-state index in [-0.39, 0.29) is 12.0 Å². The molecule has 1 aliphatic heterocycles. The molecule has 1 atom stereocenters. The van der Waals surface area contributed by atoms with Crippen molar-refractivity contribution in [2.75, 3.05) is 18.5 Å². The lowest BCUT2D eigenvalue weighted by Gasteiger charge is -2.14. The number of amides is 1. The van der Waals surface area contributed by atoms with Gasteiger partial charge in [0, 0.05) is 6.61 Å². The van der Waals surface area contributed by atoms with Crippen LogP contribution in [0, 0.1) is 0 Å². The Morgan fingerprint density at radius 1 is 1.24 bits per heavy atom. The van der Waals surface area contributed by atoms with Crippen molar-refractivity contribution in [1.29, 1.82) is 0 Å². The fourth-order valence-corrected chi connectivity index (χ4v) is 2.93. The zero-order chi connectivity index (χ0) is 17.1. The summed E-state index contributed by atoms with van der Waals surface area (Å²) < 4.78 is 11.4. The van der Waals surface area contributed by atoms with Crippen LogP contribution in [0.1, 0.15) is 23.2 Å². The summed E-state index contributed by atoms with van der Waals surface area (Å²) in [5.41, 5.74) is 2.15. The molecule has 2 aromatic carbocycles. The Morgan fingerprint density at radius 3 is 2.92 bits per heavy atom. The van der Waals surface area contributed by atoms with Crippen LogP contribution in [-0.2, 0) is 4.74 Å². The van der Waals surface area contributed by atoms with Crippen molar-refractivity contribution < 1.29 is 14.3 Å². The zero-order valence-electron chi connectivity index (χ0n) is 13.7. The smallest absolute Gasteiger partial charge is 0.261 e. The molecule has 1 amide bonds. The first-order valence-corrected chi connectivity index (χ1v) is 8.39. The van der Waals surface area contributed by atoms with Gasteiger partial charge in [0.15, 0.2) is 0 Å². The van der Waals surface area contributed by atoms with Crippen molar-refractivity contribution in [1.82, 2.24) is 9.97 Å². The Hall–Kier alpha value is -2.86. The van der Waals surface area contributed by atoms with Crippen LogP contribution in [0.2, 0.25) is 0 Å². The van der Waals surface area contributed by atoms with E-state index in [1.165, 1.54) is 0 Å². The second-order valence-electron chi connectivity index (χ2n) is 6.00. The van der Waals surface area contributed by atoms with Crippen molar-refractivity contribution in [3.8, 4) is 5.75 Å². The third-order valence-electron chi connectivity index (χ3n) is 4.20. The van der Waals surface area contributed by atoms with Crippen LogP contribution in [0.3, 0.4) is 0 Å². The summed E-state index contributed by atoms with van der Waals surface area (Å²) >= 11 is 0. The van der Waals surface area contributed by atoms with Gasteiger partial charge in [-0.15, -0.1) is 0 Å². The van der Waals surface area contributed by atoms with Crippen molar-refractivity contribution in [3.63, 3.8) is 0 Å². The molecule has 3 aromatic rings. The Bertz CT molecular complexity index is 851. The number of aromatic amines is 1. The van der Waals surface area contributed by atoms with Crippen LogP contribution >= 0.6 is 0 Å². The third-order valence-corrected chi connectivity index (χ3v) is 4.20. The van der Waals surface area contributed by atoms with E-state index >= 15 is 0 Å². The molecule has 0 bridgehead atoms. The topological polar surface area (TPSA) is 76.2 Å². The van der Waals surface area contributed by atoms with E-state index in [0.717, 1.165) is 30.5 Å². The highest BCUT2D eigenvalue weighted by molar-refractivity contribution is 6.05. The fourth-order valence-electron chi connectivity index (χ4n) is 2.93. The summed E-state index contributed by atoms with van der Waals surface area (Å²) in [6.45, 7) is 1.23. The van der Waals surface area contributed by atoms with Gasteiger partial charge in [0.1, 0.15) is 12.4 Å². The number of carbonyl (C=O) groups excluding carboxylic acids is 1. The summed E-state index contributed by atoms with van der Waals surface area (Å²) in [5.74, 6) is 0.703. The molecule has 25 heavy (non-hydrogen) atoms. The molecule has 128 valence electrons. The molecule has 1 aromatic heterocycles. The highest BCUT2D eigenvalue weighted by Gasteiger charge is 2.19. The Labute approximate surface area is 145 Å². The van der Waals surface area contributed by atoms with Gasteiger partial charge in [-0.2, -0.15) is 0 Å². The van der Waals surface area contributed by atoms with Gasteiger partial charge in [0.25, 0.3) is 5.91 Å². The van der Waals surface area contributed by atoms with Gasteiger partial charge in [-0.05, 0) is 37.1 Å². The van der Waals surface area contributed by atoms with Crippen LogP contribution < -0.4 is 10.1 Å². The second-order valence-corrected chi connectivity index (χ2v) is 6.00. The summed E-state index contributed by atoms with van der Waals surface area (Å²) in [5, 5.41) is 2.80. The number of carbonyl (C=O) groups is 1. The maximum Gasteiger partial charge on any atom is 0.261 e. The first-order chi connectivity index (χ1) is 12.3. The largest absolute Gasteiger partial charge is 0.490 e. The molecule has 0 saturated carbocycles. The Balaban J connectivity index is 1.49. The number of hydrogen-bond acceptors (Lipinski definition) is 4. The van der Waals surface area contributed by atoms with Crippen molar-refractivity contribution in [2.24, 2.45) is 0 Å². The Morgan fingerprint density at radius 2 is 2.08 bits per heavy atom. The van der Waals surface area contributed by atoms with Gasteiger partial charge >= 0.3 is 0 Å². The van der Waals surface area contributed by atoms with Crippen LogP contribution in [0.15, 0.2) is 48.5 Å². The number of anilines is 1. The molecule has 0 radical (unpaired) electrons. The van der Waals surface area contributed by atoms with Crippen LogP contribution in [0.5, 0.6) is 5.75 Å². The van der Waals surface area contributed by atoms with Crippen molar-refractivity contribution >= 4 is 22.9 Å². The maximum absolute atomic E-state index is 12.6. The molecule has 1 aliphatic rings. The molecule has 6 heteroatoms. The van der Waals surface area contributed by atoms with Gasteiger partial charge in [0.2, 0.25) is 5.95 Å². The number of fused-ring (bicyclic) bond motifs is 1. The number of benzene rings is 2. The predicted octanol–water partition coefficient (Wildman–Crippen LogP) is 3.37. The number of para-hydroxylation sites is 3. The summed E-state index contributed by atoms with van der Waals surface area (Å²) in [6, 6.07) is 14.8. The van der Waals surface area contributed by atoms with E-state index in [1.807, 2.05) is 36.4 Å². The normalized spacial score (nSPS) is 16.9. The van der Waals surface area contributed by atoms with Crippen LogP contribution in [-0.4, -0.2) is 35.2 Å². The Kier molecular flexibility index (Phi) is 4.35. The predicted molar refractivity (Wildman–Crippen MR) is 95.0 cm³/mol. The SMILES string of the molecule is O=C(Nc1nc2ccccc2[nH]1)c1ccccc1OCC1CCCO1. The van der Waals surface area contributed by atoms with E-state index in [2.05, 4.69) is 15.3 Å². The molecule has 2 N–H and O–H groups in total. The average Bonchev–Trinajstić information content (AvgIpc) is 3.29. The molecule has 2 heterocycles. The minimum atomic E-state index is -0.262. The molecule has 0 spiro atoms. The minimum absolute atomic E-state index is 0.103. The third kappa shape index (κ3) is 3.49. The zero-order valence-corrected chi connectivity index (χ0v) is 13.7. The summed E-state index contributed by atoms with van der Waals surface area (Å²) in [4.78, 5) is 20.1. The van der Waals surface area contributed by atoms with E-state index in [1.54, 1.807) is 12.1 Å². The van der Waals surface area contributed by atoms with Gasteiger partial charge < -0.3 is 14.5 Å². The lowest BCUT2D eigenvalue weighted by molar-refractivity contribution is 0.0673. The molecule has 1 saturated heterocycles. The number of hydrogen-bond donors (Lipinski definition) is 2. The first-order valence-electron chi connectivity index (χ1n) is 8.39. The molecule has 1 fully saturated rings. The maximum atomic E-state index is 12.6. The molecule has 0 aliphatic carbocycles. The van der Waals surface area contributed by atoms with Gasteiger partial charge in [-0.1, -0.05) is 24.3 Å². The number of imidazole rings is 1. The molecular weight excluding hydrogens is 318 g/mol. The standard InChI is InChI=1S/C19H19N3O3/c23-18(22-19-20-15-8-2-3-9-16(15)21-19)14-7-1-4-10-17(14)25-12-13-6-5-11-24-13/h1-4,7-10,13H,5-6,11-12H2,(H2,20,21,22,23). The number of rotatable bonds is 5. The van der Waals surface area contributed by atoms with Gasteiger partial charge in [-0.25, -0.2) is 4.98 Å². The highest BCUT2D eigenvalue weighted by atomic mass is 16.5. The number of nitrogens with zero attached hydrogens (tertiary/aromatic N) is 1. The van der Waals surface area contributed by atoms with E-state index < -0.39 is 0 Å². The van der Waals surface area contributed by atoms with Crippen molar-refractivity contribution in [2.45, 2.75) is 18.9 Å². The van der Waals surface area contributed by atoms with Crippen molar-refractivity contribution in [3.05, 3.63) is 54.1 Å². The molecular formula is C19H19N3O3. The monoisotopic (exact) mass is 337 g/mol. The lowest BCUT2D eigenvalue weighted by Crippen LogP contribution is -2.19. The number of H-pyrrole nitrogens is 1. The van der Waals surface area contributed by atoms with E-state index in [4.69, 9.17) is 9.47 Å². The number of ether oxygens (including phenoxy) is 2. The quantitative estimate of drug-likeness (QED) is 0.748. The van der Waals surface area contributed by atoms with E-state index in [0.29, 0.717) is 23.9 Å². The summed E-state index contributed by atoms with van der Waals surface area (Å²) in [7, 11) is 0.